The molecule has 0 unspecified atom stereocenters. The number of para-hydroxylation sites is 1. The number of hydrogen-bond donors (Lipinski definition) is 1. The van der Waals surface area contributed by atoms with Crippen LogP contribution in [0.3, 0.4) is 0 Å². The Bertz CT molecular complexity index is 759. The molecule has 104 valence electrons. The van der Waals surface area contributed by atoms with E-state index in [0.717, 1.165) is 28.3 Å². The molecule has 0 amide bonds. The fraction of sp³-hybridized carbons (Fsp3) is 0.0625. The normalized spacial score (nSPS) is 10.3. The molecular weight excluding hydrogens is 264 g/mol. The molecule has 0 radical (unpaired) electrons. The number of nitrogen functional groups attached to an aromatic ring is 1. The Kier molecular flexibility index (Phi) is 3.47. The molecule has 0 saturated carbocycles. The lowest BCUT2D eigenvalue weighted by Gasteiger charge is -2.09. The third-order valence-corrected chi connectivity index (χ3v) is 3.08. The molecule has 2 N–H and O–H groups in total. The molecule has 21 heavy (non-hydrogen) atoms. The molecule has 3 aromatic rings. The van der Waals surface area contributed by atoms with Crippen LogP contribution in [0.4, 0.5) is 5.95 Å². The molecule has 5 nitrogen and oxygen atoms in total. The van der Waals surface area contributed by atoms with E-state index in [9.17, 15) is 0 Å². The van der Waals surface area contributed by atoms with Gasteiger partial charge in [0.2, 0.25) is 5.95 Å². The highest BCUT2D eigenvalue weighted by molar-refractivity contribution is 5.72. The topological polar surface area (TPSA) is 73.9 Å². The zero-order valence-corrected chi connectivity index (χ0v) is 11.5. The van der Waals surface area contributed by atoms with Gasteiger partial charge in [-0.2, -0.15) is 0 Å². The van der Waals surface area contributed by atoms with Crippen molar-refractivity contribution in [1.29, 1.82) is 0 Å². The Morgan fingerprint density at radius 2 is 1.81 bits per heavy atom. The number of pyridine rings is 1. The second kappa shape index (κ2) is 5.58. The van der Waals surface area contributed by atoms with Gasteiger partial charge in [-0.1, -0.05) is 12.1 Å². The number of hydrogen-bond acceptors (Lipinski definition) is 5. The van der Waals surface area contributed by atoms with Gasteiger partial charge in [-0.25, -0.2) is 9.97 Å². The molecular formula is C16H14N4O. The Morgan fingerprint density at radius 1 is 1.00 bits per heavy atom. The summed E-state index contributed by atoms with van der Waals surface area (Å²) in [6.07, 6.45) is 3.46. The Hall–Kier alpha value is -2.95. The van der Waals surface area contributed by atoms with Crippen molar-refractivity contribution in [3.8, 4) is 28.3 Å². The van der Waals surface area contributed by atoms with Crippen molar-refractivity contribution in [1.82, 2.24) is 15.0 Å². The second-order valence-electron chi connectivity index (χ2n) is 4.44. The maximum atomic E-state index is 5.84. The molecule has 2 aromatic heterocycles. The average molecular weight is 278 g/mol. The van der Waals surface area contributed by atoms with Crippen molar-refractivity contribution in [3.63, 3.8) is 0 Å². The lowest BCUT2D eigenvalue weighted by molar-refractivity contribution is 0.416. The quantitative estimate of drug-likeness (QED) is 0.797. The first-order valence-corrected chi connectivity index (χ1v) is 6.46. The summed E-state index contributed by atoms with van der Waals surface area (Å²) >= 11 is 0. The second-order valence-corrected chi connectivity index (χ2v) is 4.44. The summed E-state index contributed by atoms with van der Waals surface area (Å²) in [6.45, 7) is 0. The molecule has 1 aromatic carbocycles. The number of rotatable bonds is 3. The zero-order chi connectivity index (χ0) is 14.7. The fourth-order valence-corrected chi connectivity index (χ4v) is 2.12. The Morgan fingerprint density at radius 3 is 2.57 bits per heavy atom. The van der Waals surface area contributed by atoms with Crippen LogP contribution >= 0.6 is 0 Å². The molecule has 0 spiro atoms. The van der Waals surface area contributed by atoms with E-state index in [-0.39, 0.29) is 5.95 Å². The van der Waals surface area contributed by atoms with E-state index in [1.54, 1.807) is 19.5 Å². The van der Waals surface area contributed by atoms with E-state index < -0.39 is 0 Å². The molecule has 0 bridgehead atoms. The number of anilines is 1. The largest absolute Gasteiger partial charge is 0.496 e. The summed E-state index contributed by atoms with van der Waals surface area (Å²) in [5, 5.41) is 0. The summed E-state index contributed by atoms with van der Waals surface area (Å²) in [4.78, 5) is 12.7. The van der Waals surface area contributed by atoms with Crippen molar-refractivity contribution >= 4 is 5.95 Å². The summed E-state index contributed by atoms with van der Waals surface area (Å²) in [5.41, 5.74) is 9.06. The summed E-state index contributed by atoms with van der Waals surface area (Å²) in [7, 11) is 1.63. The summed E-state index contributed by atoms with van der Waals surface area (Å²) < 4.78 is 5.37. The first kappa shape index (κ1) is 13.1. The number of nitrogens with two attached hydrogens (primary N) is 1. The maximum absolute atomic E-state index is 5.84. The summed E-state index contributed by atoms with van der Waals surface area (Å²) in [5.74, 6) is 0.963. The predicted octanol–water partition coefficient (Wildman–Crippen LogP) is 2.80. The van der Waals surface area contributed by atoms with Gasteiger partial charge in [-0.3, -0.25) is 4.98 Å². The molecule has 3 rings (SSSR count). The molecule has 0 atom stereocenters. The minimum absolute atomic E-state index is 0.220. The lowest BCUT2D eigenvalue weighted by Crippen LogP contribution is -1.99. The fourth-order valence-electron chi connectivity index (χ4n) is 2.12. The molecule has 0 aliphatic carbocycles. The van der Waals surface area contributed by atoms with E-state index in [2.05, 4.69) is 15.0 Å². The third kappa shape index (κ3) is 2.67. The van der Waals surface area contributed by atoms with E-state index in [1.807, 2.05) is 42.5 Å². The number of ether oxygens (including phenoxy) is 1. The van der Waals surface area contributed by atoms with Crippen LogP contribution in [0.25, 0.3) is 22.5 Å². The third-order valence-electron chi connectivity index (χ3n) is 3.08. The standard InChI is InChI=1S/C16H14N4O/c1-21-15-7-3-2-6-12(15)14-9-13(19-16(17)20-14)11-5-4-8-18-10-11/h2-10H,1H3,(H2,17,19,20). The van der Waals surface area contributed by atoms with Crippen LogP contribution in [0.1, 0.15) is 0 Å². The van der Waals surface area contributed by atoms with Crippen LogP contribution in [-0.4, -0.2) is 22.1 Å². The van der Waals surface area contributed by atoms with E-state index >= 15 is 0 Å². The first-order valence-electron chi connectivity index (χ1n) is 6.46. The zero-order valence-electron chi connectivity index (χ0n) is 11.5. The first-order chi connectivity index (χ1) is 10.3. The highest BCUT2D eigenvalue weighted by Crippen LogP contribution is 2.30. The maximum Gasteiger partial charge on any atom is 0.221 e. The van der Waals surface area contributed by atoms with Gasteiger partial charge >= 0.3 is 0 Å². The number of aromatic nitrogens is 3. The lowest BCUT2D eigenvalue weighted by atomic mass is 10.1. The van der Waals surface area contributed by atoms with Crippen LogP contribution in [0.2, 0.25) is 0 Å². The van der Waals surface area contributed by atoms with Gasteiger partial charge in [-0.05, 0) is 30.3 Å². The minimum Gasteiger partial charge on any atom is -0.496 e. The average Bonchev–Trinajstić information content (AvgIpc) is 2.55. The van der Waals surface area contributed by atoms with Gasteiger partial charge < -0.3 is 10.5 Å². The molecule has 2 heterocycles. The Balaban J connectivity index is 2.14. The van der Waals surface area contributed by atoms with Crippen molar-refractivity contribution in [2.45, 2.75) is 0 Å². The molecule has 0 aliphatic heterocycles. The van der Waals surface area contributed by atoms with Gasteiger partial charge in [0, 0.05) is 23.5 Å². The van der Waals surface area contributed by atoms with Gasteiger partial charge in [0.25, 0.3) is 0 Å². The van der Waals surface area contributed by atoms with Gasteiger partial charge in [0.1, 0.15) is 5.75 Å². The molecule has 5 heteroatoms. The van der Waals surface area contributed by atoms with Gasteiger partial charge in [0.05, 0.1) is 18.5 Å². The highest BCUT2D eigenvalue weighted by atomic mass is 16.5. The monoisotopic (exact) mass is 278 g/mol. The van der Waals surface area contributed by atoms with E-state index in [0.29, 0.717) is 0 Å². The molecule has 0 fully saturated rings. The van der Waals surface area contributed by atoms with E-state index in [1.165, 1.54) is 0 Å². The number of methoxy groups -OCH3 is 1. The van der Waals surface area contributed by atoms with Crippen LogP contribution in [0.5, 0.6) is 5.75 Å². The Labute approximate surface area is 122 Å². The molecule has 0 saturated heterocycles. The van der Waals surface area contributed by atoms with Gasteiger partial charge in [-0.15, -0.1) is 0 Å². The number of nitrogens with zero attached hydrogens (tertiary/aromatic N) is 3. The van der Waals surface area contributed by atoms with Crippen LogP contribution < -0.4 is 10.5 Å². The van der Waals surface area contributed by atoms with Crippen molar-refractivity contribution < 1.29 is 4.74 Å². The van der Waals surface area contributed by atoms with Crippen LogP contribution in [0.15, 0.2) is 54.9 Å². The van der Waals surface area contributed by atoms with Crippen LogP contribution in [0, 0.1) is 0 Å². The van der Waals surface area contributed by atoms with E-state index in [4.69, 9.17) is 10.5 Å². The predicted molar refractivity (Wildman–Crippen MR) is 81.7 cm³/mol. The van der Waals surface area contributed by atoms with Crippen molar-refractivity contribution in [3.05, 3.63) is 54.9 Å². The van der Waals surface area contributed by atoms with Crippen molar-refractivity contribution in [2.75, 3.05) is 12.8 Å². The minimum atomic E-state index is 0.220. The van der Waals surface area contributed by atoms with Crippen molar-refractivity contribution in [2.24, 2.45) is 0 Å². The smallest absolute Gasteiger partial charge is 0.221 e. The summed E-state index contributed by atoms with van der Waals surface area (Å²) in [6, 6.07) is 13.3. The number of benzene rings is 1. The van der Waals surface area contributed by atoms with Crippen LogP contribution in [-0.2, 0) is 0 Å². The van der Waals surface area contributed by atoms with Gasteiger partial charge in [0.15, 0.2) is 0 Å². The SMILES string of the molecule is COc1ccccc1-c1cc(-c2cccnc2)nc(N)n1. The molecule has 0 aliphatic rings. The highest BCUT2D eigenvalue weighted by Gasteiger charge is 2.10.